The number of fused-ring (bicyclic) bond motifs is 1. The van der Waals surface area contributed by atoms with Crippen LogP contribution in [0.1, 0.15) is 6.92 Å². The summed E-state index contributed by atoms with van der Waals surface area (Å²) in [6, 6.07) is 8.87. The van der Waals surface area contributed by atoms with Crippen molar-refractivity contribution in [2.75, 3.05) is 17.2 Å². The van der Waals surface area contributed by atoms with E-state index < -0.39 is 0 Å². The number of thiocarbonyl (C=S) groups is 1. The van der Waals surface area contributed by atoms with Crippen LogP contribution in [0.2, 0.25) is 10.0 Å². The van der Waals surface area contributed by atoms with Crippen molar-refractivity contribution in [3.8, 4) is 0 Å². The van der Waals surface area contributed by atoms with Crippen molar-refractivity contribution >= 4 is 69.0 Å². The number of hydrogen-bond donors (Lipinski definition) is 3. The summed E-state index contributed by atoms with van der Waals surface area (Å²) in [6.45, 7) is 2.69. The molecule has 128 valence electrons. The van der Waals surface area contributed by atoms with E-state index in [2.05, 4.69) is 30.9 Å². The van der Waals surface area contributed by atoms with Gasteiger partial charge in [-0.15, -0.1) is 0 Å². The van der Waals surface area contributed by atoms with Gasteiger partial charge in [-0.25, -0.2) is 15.0 Å². The first-order valence-electron chi connectivity index (χ1n) is 7.46. The average Bonchev–Trinajstić information content (AvgIpc) is 2.58. The maximum atomic E-state index is 6.17. The van der Waals surface area contributed by atoms with Crippen molar-refractivity contribution in [3.05, 3.63) is 46.6 Å². The lowest BCUT2D eigenvalue weighted by Crippen LogP contribution is -2.28. The van der Waals surface area contributed by atoms with Crippen LogP contribution in [0.4, 0.5) is 17.3 Å². The molecule has 0 aliphatic rings. The second-order valence-electron chi connectivity index (χ2n) is 5.00. The number of para-hydroxylation sites is 1. The molecular formula is C16H14Cl2N6S. The van der Waals surface area contributed by atoms with Crippen LogP contribution >= 0.6 is 35.4 Å². The quantitative estimate of drug-likeness (QED) is 0.568. The Labute approximate surface area is 160 Å². The van der Waals surface area contributed by atoms with E-state index in [1.54, 1.807) is 30.5 Å². The van der Waals surface area contributed by atoms with Gasteiger partial charge < -0.3 is 16.0 Å². The Balaban J connectivity index is 1.89. The molecule has 0 unspecified atom stereocenters. The lowest BCUT2D eigenvalue weighted by molar-refractivity contribution is 0.978. The van der Waals surface area contributed by atoms with Crippen molar-refractivity contribution in [3.63, 3.8) is 0 Å². The molecule has 0 spiro atoms. The van der Waals surface area contributed by atoms with Crippen molar-refractivity contribution < 1.29 is 0 Å². The van der Waals surface area contributed by atoms with Gasteiger partial charge in [0.25, 0.3) is 0 Å². The number of pyridine rings is 1. The maximum Gasteiger partial charge on any atom is 0.182 e. The van der Waals surface area contributed by atoms with Crippen LogP contribution in [-0.2, 0) is 0 Å². The molecule has 3 N–H and O–H groups in total. The third-order valence-corrected chi connectivity index (χ3v) is 4.08. The molecular weight excluding hydrogens is 379 g/mol. The zero-order valence-corrected chi connectivity index (χ0v) is 15.5. The van der Waals surface area contributed by atoms with Crippen LogP contribution in [0, 0.1) is 0 Å². The molecule has 2 heterocycles. The average molecular weight is 393 g/mol. The number of nitrogens with zero attached hydrogens (tertiary/aromatic N) is 3. The first-order valence-corrected chi connectivity index (χ1v) is 8.63. The van der Waals surface area contributed by atoms with Crippen molar-refractivity contribution in [2.24, 2.45) is 0 Å². The highest BCUT2D eigenvalue weighted by atomic mass is 35.5. The van der Waals surface area contributed by atoms with Gasteiger partial charge in [-0.05, 0) is 43.4 Å². The van der Waals surface area contributed by atoms with E-state index in [1.165, 1.54) is 0 Å². The second kappa shape index (κ2) is 7.77. The molecule has 1 aromatic carbocycles. The molecule has 0 atom stereocenters. The highest BCUT2D eigenvalue weighted by molar-refractivity contribution is 7.80. The Bertz CT molecular complexity index is 913. The molecule has 0 bridgehead atoms. The zero-order valence-electron chi connectivity index (χ0n) is 13.2. The SMILES string of the molecule is CCNC(=S)Nc1ccc2ncc(Nc3c(Cl)cccc3Cl)nc2n1. The fraction of sp³-hybridized carbons (Fsp3) is 0.125. The molecule has 0 fully saturated rings. The Kier molecular flexibility index (Phi) is 5.47. The summed E-state index contributed by atoms with van der Waals surface area (Å²) in [6.07, 6.45) is 1.60. The third-order valence-electron chi connectivity index (χ3n) is 3.20. The number of benzene rings is 1. The maximum absolute atomic E-state index is 6.17. The van der Waals surface area contributed by atoms with Gasteiger partial charge in [0.1, 0.15) is 11.3 Å². The minimum Gasteiger partial charge on any atom is -0.363 e. The van der Waals surface area contributed by atoms with Gasteiger partial charge in [0.15, 0.2) is 16.6 Å². The minimum atomic E-state index is 0.470. The van der Waals surface area contributed by atoms with Crippen LogP contribution in [-0.4, -0.2) is 26.6 Å². The molecule has 0 aliphatic carbocycles. The highest BCUT2D eigenvalue weighted by Crippen LogP contribution is 2.32. The highest BCUT2D eigenvalue weighted by Gasteiger charge is 2.08. The monoisotopic (exact) mass is 392 g/mol. The Morgan fingerprint density at radius 1 is 1.08 bits per heavy atom. The number of hydrogen-bond acceptors (Lipinski definition) is 5. The molecule has 0 aliphatic heterocycles. The molecule has 25 heavy (non-hydrogen) atoms. The number of nitrogens with one attached hydrogen (secondary N) is 3. The van der Waals surface area contributed by atoms with E-state index in [-0.39, 0.29) is 0 Å². The number of rotatable bonds is 4. The lowest BCUT2D eigenvalue weighted by Gasteiger charge is -2.10. The van der Waals surface area contributed by atoms with Crippen LogP contribution in [0.3, 0.4) is 0 Å². The number of aromatic nitrogens is 3. The van der Waals surface area contributed by atoms with Gasteiger partial charge >= 0.3 is 0 Å². The molecule has 6 nitrogen and oxygen atoms in total. The van der Waals surface area contributed by atoms with Gasteiger partial charge in [0, 0.05) is 6.54 Å². The van der Waals surface area contributed by atoms with E-state index >= 15 is 0 Å². The van der Waals surface area contributed by atoms with Gasteiger partial charge in [-0.1, -0.05) is 29.3 Å². The third kappa shape index (κ3) is 4.25. The van der Waals surface area contributed by atoms with Crippen LogP contribution < -0.4 is 16.0 Å². The molecule has 9 heteroatoms. The van der Waals surface area contributed by atoms with Crippen LogP contribution in [0.15, 0.2) is 36.5 Å². The summed E-state index contributed by atoms with van der Waals surface area (Å²) in [4.78, 5) is 13.2. The Morgan fingerprint density at radius 3 is 2.52 bits per heavy atom. The van der Waals surface area contributed by atoms with E-state index in [0.29, 0.717) is 43.6 Å². The van der Waals surface area contributed by atoms with E-state index in [0.717, 1.165) is 6.54 Å². The molecule has 3 aromatic rings. The Morgan fingerprint density at radius 2 is 1.80 bits per heavy atom. The molecule has 2 aromatic heterocycles. The van der Waals surface area contributed by atoms with Gasteiger partial charge in [0.05, 0.1) is 21.9 Å². The van der Waals surface area contributed by atoms with Crippen LogP contribution in [0.25, 0.3) is 11.2 Å². The van der Waals surface area contributed by atoms with Crippen molar-refractivity contribution in [1.29, 1.82) is 0 Å². The second-order valence-corrected chi connectivity index (χ2v) is 6.22. The lowest BCUT2D eigenvalue weighted by atomic mass is 10.3. The minimum absolute atomic E-state index is 0.470. The standard InChI is InChI=1S/C16H14Cl2N6S/c1-2-19-16(25)24-12-7-6-11-15(22-12)23-13(8-20-11)21-14-9(17)4-3-5-10(14)18/h3-8H,2H2,1H3,(H3,19,21,22,23,24,25). The molecule has 3 rings (SSSR count). The Hall–Kier alpha value is -2.22. The van der Waals surface area contributed by atoms with Crippen molar-refractivity contribution in [1.82, 2.24) is 20.3 Å². The summed E-state index contributed by atoms with van der Waals surface area (Å²) in [7, 11) is 0. The fourth-order valence-electron chi connectivity index (χ4n) is 2.09. The molecule has 0 saturated heterocycles. The van der Waals surface area contributed by atoms with Gasteiger partial charge in [-0.2, -0.15) is 0 Å². The normalized spacial score (nSPS) is 10.5. The zero-order chi connectivity index (χ0) is 17.8. The summed E-state index contributed by atoms with van der Waals surface area (Å²) < 4.78 is 0. The smallest absolute Gasteiger partial charge is 0.182 e. The van der Waals surface area contributed by atoms with E-state index in [9.17, 15) is 0 Å². The topological polar surface area (TPSA) is 74.8 Å². The summed E-state index contributed by atoms with van der Waals surface area (Å²) >= 11 is 17.5. The predicted molar refractivity (Wildman–Crippen MR) is 107 cm³/mol. The van der Waals surface area contributed by atoms with Crippen molar-refractivity contribution in [2.45, 2.75) is 6.92 Å². The number of anilines is 3. The first-order chi connectivity index (χ1) is 12.1. The van der Waals surface area contributed by atoms with Gasteiger partial charge in [0.2, 0.25) is 0 Å². The van der Waals surface area contributed by atoms with E-state index in [1.807, 2.05) is 13.0 Å². The predicted octanol–water partition coefficient (Wildman–Crippen LogP) is 4.38. The molecule has 0 radical (unpaired) electrons. The number of halogens is 2. The summed E-state index contributed by atoms with van der Waals surface area (Å²) in [5, 5.41) is 10.6. The van der Waals surface area contributed by atoms with Gasteiger partial charge in [-0.3, -0.25) is 0 Å². The molecule has 0 amide bonds. The molecule has 0 saturated carbocycles. The van der Waals surface area contributed by atoms with E-state index in [4.69, 9.17) is 35.4 Å². The first kappa shape index (κ1) is 17.6. The fourth-order valence-corrected chi connectivity index (χ4v) is 2.83. The largest absolute Gasteiger partial charge is 0.363 e. The summed E-state index contributed by atoms with van der Waals surface area (Å²) in [5.74, 6) is 1.07. The van der Waals surface area contributed by atoms with Crippen LogP contribution in [0.5, 0.6) is 0 Å². The summed E-state index contributed by atoms with van der Waals surface area (Å²) in [5.41, 5.74) is 1.70.